The Bertz CT molecular complexity index is 1250. The van der Waals surface area contributed by atoms with Gasteiger partial charge in [-0.2, -0.15) is 0 Å². The second kappa shape index (κ2) is 9.31. The van der Waals surface area contributed by atoms with Crippen molar-refractivity contribution in [2.45, 2.75) is 32.1 Å². The lowest BCUT2D eigenvalue weighted by Crippen LogP contribution is -2.36. The minimum Gasteiger partial charge on any atom is -0.378 e. The molecule has 5 rings (SSSR count). The minimum atomic E-state index is -0.450. The third-order valence-corrected chi connectivity index (χ3v) is 7.41. The Balaban J connectivity index is 1.50. The second-order valence-electron chi connectivity index (χ2n) is 9.93. The van der Waals surface area contributed by atoms with E-state index in [2.05, 4.69) is 49.1 Å². The lowest BCUT2D eigenvalue weighted by atomic mass is 9.83. The zero-order chi connectivity index (χ0) is 24.6. The molecule has 0 unspecified atom stereocenters. The Hall–Kier alpha value is -3.44. The molecule has 2 aliphatic heterocycles. The SMILES string of the molecule is CN1/C(=C\C(=O)C(=O)C2=C(N3CCOCC3)/C(=C\c3ccccc3)CC2)C(C)(C)c2ccccc21. The third kappa shape index (κ3) is 4.25. The summed E-state index contributed by atoms with van der Waals surface area (Å²) in [6.45, 7) is 6.90. The number of hydrogen-bond donors (Lipinski definition) is 0. The van der Waals surface area contributed by atoms with Gasteiger partial charge in [0.25, 0.3) is 0 Å². The number of para-hydroxylation sites is 1. The van der Waals surface area contributed by atoms with Crippen LogP contribution in [0.5, 0.6) is 0 Å². The molecule has 0 saturated carbocycles. The van der Waals surface area contributed by atoms with Crippen LogP contribution in [0.2, 0.25) is 0 Å². The molecule has 0 radical (unpaired) electrons. The highest BCUT2D eigenvalue weighted by molar-refractivity contribution is 6.47. The third-order valence-electron chi connectivity index (χ3n) is 7.41. The summed E-state index contributed by atoms with van der Waals surface area (Å²) in [5.41, 5.74) is 6.51. The molecule has 1 saturated heterocycles. The number of allylic oxidation sites excluding steroid dienone is 4. The molecule has 1 fully saturated rings. The number of nitrogens with zero attached hydrogens (tertiary/aromatic N) is 2. The number of carbonyl (C=O) groups is 2. The first-order valence-corrected chi connectivity index (χ1v) is 12.3. The van der Waals surface area contributed by atoms with Crippen LogP contribution in [0.1, 0.15) is 37.8 Å². The minimum absolute atomic E-state index is 0.350. The van der Waals surface area contributed by atoms with Gasteiger partial charge in [-0.1, -0.05) is 62.4 Å². The summed E-state index contributed by atoms with van der Waals surface area (Å²) in [4.78, 5) is 31.3. The van der Waals surface area contributed by atoms with Crippen LogP contribution in [0.25, 0.3) is 6.08 Å². The fourth-order valence-corrected chi connectivity index (χ4v) is 5.58. The summed E-state index contributed by atoms with van der Waals surface area (Å²) in [5, 5.41) is 0. The van der Waals surface area contributed by atoms with Crippen LogP contribution in [0.4, 0.5) is 5.69 Å². The van der Waals surface area contributed by atoms with Crippen LogP contribution < -0.4 is 4.90 Å². The first kappa shape index (κ1) is 23.3. The maximum Gasteiger partial charge on any atom is 0.231 e. The van der Waals surface area contributed by atoms with Gasteiger partial charge in [-0.05, 0) is 41.7 Å². The number of carbonyl (C=O) groups excluding carboxylic acids is 2. The quantitative estimate of drug-likeness (QED) is 0.462. The Morgan fingerprint density at radius 2 is 1.63 bits per heavy atom. The largest absolute Gasteiger partial charge is 0.378 e. The van der Waals surface area contributed by atoms with Crippen LogP contribution in [0.15, 0.2) is 83.2 Å². The van der Waals surface area contributed by atoms with Crippen molar-refractivity contribution in [1.82, 2.24) is 4.90 Å². The summed E-state index contributed by atoms with van der Waals surface area (Å²) < 4.78 is 5.56. The number of Topliss-reactive ketones (excluding diaryl/α,β-unsaturated/α-hetero) is 1. The molecule has 0 spiro atoms. The molecular formula is C30H32N2O3. The van der Waals surface area contributed by atoms with Crippen molar-refractivity contribution in [3.63, 3.8) is 0 Å². The van der Waals surface area contributed by atoms with Crippen molar-refractivity contribution in [2.24, 2.45) is 0 Å². The van der Waals surface area contributed by atoms with Crippen molar-refractivity contribution >= 4 is 23.3 Å². The summed E-state index contributed by atoms with van der Waals surface area (Å²) >= 11 is 0. The van der Waals surface area contributed by atoms with Crippen molar-refractivity contribution in [3.05, 3.63) is 94.3 Å². The van der Waals surface area contributed by atoms with Crippen molar-refractivity contribution < 1.29 is 14.3 Å². The summed E-state index contributed by atoms with van der Waals surface area (Å²) in [6, 6.07) is 18.3. The van der Waals surface area contributed by atoms with Gasteiger partial charge in [0.1, 0.15) is 0 Å². The van der Waals surface area contributed by atoms with Crippen LogP contribution in [0, 0.1) is 0 Å². The lowest BCUT2D eigenvalue weighted by Gasteiger charge is -2.31. The lowest BCUT2D eigenvalue weighted by molar-refractivity contribution is -0.131. The maximum absolute atomic E-state index is 13.6. The fraction of sp³-hybridized carbons (Fsp3) is 0.333. The smallest absolute Gasteiger partial charge is 0.231 e. The Morgan fingerprint density at radius 3 is 2.34 bits per heavy atom. The molecule has 0 atom stereocenters. The van der Waals surface area contributed by atoms with Gasteiger partial charge in [0.05, 0.1) is 13.2 Å². The molecule has 0 aromatic heterocycles. The number of rotatable bonds is 5. The molecule has 3 aliphatic rings. The van der Waals surface area contributed by atoms with Gasteiger partial charge in [0.2, 0.25) is 11.6 Å². The van der Waals surface area contributed by atoms with Gasteiger partial charge in [-0.3, -0.25) is 9.59 Å². The van der Waals surface area contributed by atoms with E-state index in [0.29, 0.717) is 25.2 Å². The highest BCUT2D eigenvalue weighted by Crippen LogP contribution is 2.46. The van der Waals surface area contributed by atoms with E-state index in [1.807, 2.05) is 42.3 Å². The molecule has 2 aromatic rings. The fourth-order valence-electron chi connectivity index (χ4n) is 5.58. The number of hydrogen-bond acceptors (Lipinski definition) is 5. The van der Waals surface area contributed by atoms with E-state index in [1.54, 1.807) is 6.08 Å². The van der Waals surface area contributed by atoms with Gasteiger partial charge < -0.3 is 14.5 Å². The van der Waals surface area contributed by atoms with E-state index < -0.39 is 11.6 Å². The predicted octanol–water partition coefficient (Wildman–Crippen LogP) is 4.90. The number of fused-ring (bicyclic) bond motifs is 1. The van der Waals surface area contributed by atoms with Crippen LogP contribution >= 0.6 is 0 Å². The Kier molecular flexibility index (Phi) is 6.20. The number of morpholine rings is 1. The monoisotopic (exact) mass is 468 g/mol. The van der Waals surface area contributed by atoms with E-state index in [9.17, 15) is 9.59 Å². The normalized spacial score (nSPS) is 21.7. The number of ketones is 2. The van der Waals surface area contributed by atoms with E-state index in [4.69, 9.17) is 4.74 Å². The van der Waals surface area contributed by atoms with Gasteiger partial charge in [0, 0.05) is 54.3 Å². The summed E-state index contributed by atoms with van der Waals surface area (Å²) in [7, 11) is 1.96. The molecule has 0 bridgehead atoms. The van der Waals surface area contributed by atoms with Crippen molar-refractivity contribution in [1.29, 1.82) is 0 Å². The summed E-state index contributed by atoms with van der Waals surface area (Å²) in [5.74, 6) is -0.843. The van der Waals surface area contributed by atoms with Gasteiger partial charge in [-0.25, -0.2) is 0 Å². The van der Waals surface area contributed by atoms with Gasteiger partial charge in [-0.15, -0.1) is 0 Å². The summed E-state index contributed by atoms with van der Waals surface area (Å²) in [6.07, 6.45) is 5.05. The highest BCUT2D eigenvalue weighted by atomic mass is 16.5. The molecule has 35 heavy (non-hydrogen) atoms. The van der Waals surface area contributed by atoms with Gasteiger partial charge in [0.15, 0.2) is 0 Å². The van der Waals surface area contributed by atoms with Crippen molar-refractivity contribution in [3.8, 4) is 0 Å². The number of benzene rings is 2. The van der Waals surface area contributed by atoms with Crippen LogP contribution in [0.3, 0.4) is 0 Å². The Labute approximate surface area is 207 Å². The van der Waals surface area contributed by atoms with Crippen molar-refractivity contribution in [2.75, 3.05) is 38.3 Å². The first-order valence-electron chi connectivity index (χ1n) is 12.3. The average Bonchev–Trinajstić information content (AvgIpc) is 3.37. The topological polar surface area (TPSA) is 49.9 Å². The zero-order valence-electron chi connectivity index (χ0n) is 20.7. The molecule has 1 aliphatic carbocycles. The molecule has 2 heterocycles. The van der Waals surface area contributed by atoms with Crippen LogP contribution in [-0.2, 0) is 19.7 Å². The number of ether oxygens (including phenoxy) is 1. The van der Waals surface area contributed by atoms with E-state index in [0.717, 1.165) is 53.3 Å². The van der Waals surface area contributed by atoms with E-state index >= 15 is 0 Å². The first-order chi connectivity index (χ1) is 16.9. The molecule has 5 nitrogen and oxygen atoms in total. The zero-order valence-corrected chi connectivity index (χ0v) is 20.7. The second-order valence-corrected chi connectivity index (χ2v) is 9.93. The molecule has 5 heteroatoms. The van der Waals surface area contributed by atoms with E-state index in [1.165, 1.54) is 0 Å². The molecular weight excluding hydrogens is 436 g/mol. The Morgan fingerprint density at radius 1 is 0.943 bits per heavy atom. The molecule has 0 amide bonds. The highest BCUT2D eigenvalue weighted by Gasteiger charge is 2.40. The number of anilines is 1. The molecule has 2 aromatic carbocycles. The molecule has 0 N–H and O–H groups in total. The average molecular weight is 469 g/mol. The molecule has 180 valence electrons. The number of likely N-dealkylation sites (N-methyl/N-ethyl adjacent to an activating group) is 1. The van der Waals surface area contributed by atoms with E-state index in [-0.39, 0.29) is 5.41 Å². The standard InChI is InChI=1S/C30H32N2O3/c1-30(2)24-11-7-8-12-25(24)31(3)27(30)20-26(33)29(34)23-14-13-22(19-21-9-5-4-6-10-21)28(23)32-15-17-35-18-16-32/h4-12,19-20H,13-18H2,1-3H3/b22-19-,27-20-. The van der Waals surface area contributed by atoms with Crippen LogP contribution in [-0.4, -0.2) is 49.8 Å². The maximum atomic E-state index is 13.6. The predicted molar refractivity (Wildman–Crippen MR) is 139 cm³/mol. The van der Waals surface area contributed by atoms with Gasteiger partial charge >= 0.3 is 0 Å².